The van der Waals surface area contributed by atoms with E-state index in [0.29, 0.717) is 26.1 Å². The quantitative estimate of drug-likeness (QED) is 0.492. The molecule has 0 radical (unpaired) electrons. The summed E-state index contributed by atoms with van der Waals surface area (Å²) in [4.78, 5) is 31.7. The largest absolute Gasteiger partial charge is 0.491 e. The Kier molecular flexibility index (Phi) is 8.50. The van der Waals surface area contributed by atoms with Crippen LogP contribution in [0, 0.1) is 19.8 Å². The maximum absolute atomic E-state index is 13.7. The van der Waals surface area contributed by atoms with Gasteiger partial charge in [-0.3, -0.25) is 9.59 Å². The van der Waals surface area contributed by atoms with E-state index in [4.69, 9.17) is 9.47 Å². The van der Waals surface area contributed by atoms with Gasteiger partial charge in [0.05, 0.1) is 18.7 Å². The van der Waals surface area contributed by atoms with E-state index in [0.717, 1.165) is 37.2 Å². The fraction of sp³-hybridized carbons (Fsp3) is 0.571. The van der Waals surface area contributed by atoms with Gasteiger partial charge in [0.15, 0.2) is 0 Å². The minimum Gasteiger partial charge on any atom is -0.491 e. The number of thiophene rings is 1. The lowest BCUT2D eigenvalue weighted by molar-refractivity contribution is -0.144. The number of hydrogen-bond donors (Lipinski definition) is 0. The second-order valence-corrected chi connectivity index (χ2v) is 11.2. The summed E-state index contributed by atoms with van der Waals surface area (Å²) in [5.41, 5.74) is 3.45. The Labute approximate surface area is 213 Å². The molecule has 6 nitrogen and oxygen atoms in total. The van der Waals surface area contributed by atoms with Crippen molar-refractivity contribution in [2.45, 2.75) is 65.5 Å². The van der Waals surface area contributed by atoms with Crippen molar-refractivity contribution in [3.05, 3.63) is 51.2 Å². The number of hydrogen-bond acceptors (Lipinski definition) is 5. The summed E-state index contributed by atoms with van der Waals surface area (Å²) >= 11 is 1.74. The lowest BCUT2D eigenvalue weighted by Gasteiger charge is -2.37. The highest BCUT2D eigenvalue weighted by Gasteiger charge is 2.34. The lowest BCUT2D eigenvalue weighted by Crippen LogP contribution is -2.49. The van der Waals surface area contributed by atoms with Gasteiger partial charge in [-0.1, -0.05) is 31.5 Å². The van der Waals surface area contributed by atoms with Gasteiger partial charge in [-0.15, -0.1) is 11.3 Å². The molecule has 35 heavy (non-hydrogen) atoms. The van der Waals surface area contributed by atoms with Gasteiger partial charge in [-0.25, -0.2) is 0 Å². The number of rotatable bonds is 9. The van der Waals surface area contributed by atoms with E-state index in [9.17, 15) is 9.59 Å². The van der Waals surface area contributed by atoms with Gasteiger partial charge in [0.25, 0.3) is 0 Å². The SMILES string of the molecule is Cc1ccc(OCC2c3ccsc3CCN2C(=O)CN(CC2CCCO2)C(=O)CC(C)C)c(C)c1. The highest BCUT2D eigenvalue weighted by atomic mass is 32.1. The molecule has 190 valence electrons. The Bertz CT molecular complexity index is 1030. The molecule has 2 amide bonds. The van der Waals surface area contributed by atoms with Crippen LogP contribution in [-0.4, -0.2) is 60.6 Å². The Hall–Kier alpha value is -2.38. The van der Waals surface area contributed by atoms with Crippen LogP contribution in [0.4, 0.5) is 0 Å². The van der Waals surface area contributed by atoms with Crippen LogP contribution in [0.15, 0.2) is 29.6 Å². The smallest absolute Gasteiger partial charge is 0.242 e. The summed E-state index contributed by atoms with van der Waals surface area (Å²) in [5, 5.41) is 2.10. The maximum Gasteiger partial charge on any atom is 0.242 e. The predicted molar refractivity (Wildman–Crippen MR) is 139 cm³/mol. The molecule has 0 N–H and O–H groups in total. The number of ether oxygens (including phenoxy) is 2. The maximum atomic E-state index is 13.7. The van der Waals surface area contributed by atoms with Crippen molar-refractivity contribution in [1.82, 2.24) is 9.80 Å². The van der Waals surface area contributed by atoms with Crippen LogP contribution in [0.3, 0.4) is 0 Å². The van der Waals surface area contributed by atoms with Crippen molar-refractivity contribution in [3.8, 4) is 5.75 Å². The first kappa shape index (κ1) is 25.7. The Morgan fingerprint density at radius 1 is 1.26 bits per heavy atom. The third-order valence-corrected chi connectivity index (χ3v) is 7.85. The molecular weight excluding hydrogens is 460 g/mol. The third-order valence-electron chi connectivity index (χ3n) is 6.85. The van der Waals surface area contributed by atoms with Gasteiger partial charge in [0.2, 0.25) is 11.8 Å². The standard InChI is InChI=1S/C28H38N2O4S/c1-19(2)14-27(31)29(16-22-6-5-12-33-22)17-28(32)30-11-9-26-23(10-13-35-26)24(30)18-34-25-8-7-20(3)15-21(25)4/h7-8,10,13,15,19,22,24H,5-6,9,11-12,14,16-18H2,1-4H3. The van der Waals surface area contributed by atoms with Crippen molar-refractivity contribution in [3.63, 3.8) is 0 Å². The van der Waals surface area contributed by atoms with Gasteiger partial charge in [0, 0.05) is 31.0 Å². The molecule has 2 aliphatic rings. The molecule has 7 heteroatoms. The second-order valence-electron chi connectivity index (χ2n) is 10.2. The number of aryl methyl sites for hydroxylation is 2. The number of nitrogens with zero attached hydrogens (tertiary/aromatic N) is 2. The zero-order valence-electron chi connectivity index (χ0n) is 21.4. The molecule has 0 aliphatic carbocycles. The summed E-state index contributed by atoms with van der Waals surface area (Å²) in [6, 6.07) is 8.11. The molecule has 3 heterocycles. The van der Waals surface area contributed by atoms with Gasteiger partial charge in [0.1, 0.15) is 12.4 Å². The van der Waals surface area contributed by atoms with Crippen molar-refractivity contribution in [2.75, 3.05) is 32.8 Å². The van der Waals surface area contributed by atoms with Crippen LogP contribution in [0.25, 0.3) is 0 Å². The highest BCUT2D eigenvalue weighted by Crippen LogP contribution is 2.34. The first-order valence-corrected chi connectivity index (χ1v) is 13.6. The Balaban J connectivity index is 1.50. The summed E-state index contributed by atoms with van der Waals surface area (Å²) < 4.78 is 12.1. The summed E-state index contributed by atoms with van der Waals surface area (Å²) in [6.07, 6.45) is 3.25. The van der Waals surface area contributed by atoms with Crippen molar-refractivity contribution >= 4 is 23.2 Å². The average Bonchev–Trinajstić information content (AvgIpc) is 3.49. The van der Waals surface area contributed by atoms with Gasteiger partial charge < -0.3 is 19.3 Å². The molecular formula is C28H38N2O4S. The summed E-state index contributed by atoms with van der Waals surface area (Å²) in [5.74, 6) is 1.09. The fourth-order valence-corrected chi connectivity index (χ4v) is 5.95. The monoisotopic (exact) mass is 498 g/mol. The molecule has 0 bridgehead atoms. The van der Waals surface area contributed by atoms with Crippen LogP contribution in [0.5, 0.6) is 5.75 Å². The topological polar surface area (TPSA) is 59.1 Å². The number of benzene rings is 1. The zero-order chi connectivity index (χ0) is 24.9. The molecule has 2 atom stereocenters. The molecule has 4 rings (SSSR count). The average molecular weight is 499 g/mol. The lowest BCUT2D eigenvalue weighted by atomic mass is 10.00. The zero-order valence-corrected chi connectivity index (χ0v) is 22.2. The molecule has 1 aromatic heterocycles. The normalized spacial score (nSPS) is 19.6. The molecule has 0 spiro atoms. The van der Waals surface area contributed by atoms with E-state index in [1.807, 2.05) is 37.8 Å². The Morgan fingerprint density at radius 3 is 2.80 bits per heavy atom. The van der Waals surface area contributed by atoms with Crippen molar-refractivity contribution in [2.24, 2.45) is 5.92 Å². The molecule has 1 saturated heterocycles. The van der Waals surface area contributed by atoms with Crippen LogP contribution in [0.1, 0.15) is 60.7 Å². The van der Waals surface area contributed by atoms with E-state index in [1.165, 1.54) is 16.0 Å². The summed E-state index contributed by atoms with van der Waals surface area (Å²) in [6.45, 7) is 10.5. The van der Waals surface area contributed by atoms with Crippen LogP contribution >= 0.6 is 11.3 Å². The van der Waals surface area contributed by atoms with Crippen molar-refractivity contribution < 1.29 is 19.1 Å². The van der Waals surface area contributed by atoms with Crippen LogP contribution in [-0.2, 0) is 20.7 Å². The van der Waals surface area contributed by atoms with E-state index in [-0.39, 0.29) is 36.4 Å². The van der Waals surface area contributed by atoms with Gasteiger partial charge in [-0.2, -0.15) is 0 Å². The molecule has 1 fully saturated rings. The number of carbonyl (C=O) groups excluding carboxylic acids is 2. The van der Waals surface area contributed by atoms with Crippen LogP contribution in [0.2, 0.25) is 0 Å². The Morgan fingerprint density at radius 2 is 2.09 bits per heavy atom. The molecule has 2 unspecified atom stereocenters. The van der Waals surface area contributed by atoms with E-state index >= 15 is 0 Å². The second kappa shape index (κ2) is 11.6. The van der Waals surface area contributed by atoms with Crippen LogP contribution < -0.4 is 4.74 Å². The molecule has 0 saturated carbocycles. The molecule has 2 aromatic rings. The third kappa shape index (κ3) is 6.44. The summed E-state index contributed by atoms with van der Waals surface area (Å²) in [7, 11) is 0. The number of fused-ring (bicyclic) bond motifs is 1. The van der Waals surface area contributed by atoms with Gasteiger partial charge >= 0.3 is 0 Å². The predicted octanol–water partition coefficient (Wildman–Crippen LogP) is 4.92. The van der Waals surface area contributed by atoms with Gasteiger partial charge in [-0.05, 0) is 67.7 Å². The highest BCUT2D eigenvalue weighted by molar-refractivity contribution is 7.10. The molecule has 2 aliphatic heterocycles. The minimum atomic E-state index is -0.164. The fourth-order valence-electron chi connectivity index (χ4n) is 5.03. The number of amides is 2. The van der Waals surface area contributed by atoms with Crippen molar-refractivity contribution in [1.29, 1.82) is 0 Å². The van der Waals surface area contributed by atoms with E-state index in [1.54, 1.807) is 16.2 Å². The van der Waals surface area contributed by atoms with E-state index in [2.05, 4.69) is 24.4 Å². The first-order valence-electron chi connectivity index (χ1n) is 12.8. The molecule has 1 aromatic carbocycles. The van der Waals surface area contributed by atoms with E-state index < -0.39 is 0 Å². The number of carbonyl (C=O) groups is 2. The first-order chi connectivity index (χ1) is 16.8. The minimum absolute atomic E-state index is 0.0207.